The highest BCUT2D eigenvalue weighted by Gasteiger charge is 2.15. The second kappa shape index (κ2) is 5.64. The third-order valence-electron chi connectivity index (χ3n) is 2.32. The summed E-state index contributed by atoms with van der Waals surface area (Å²) in [4.78, 5) is 23.4. The first-order valence-corrected chi connectivity index (χ1v) is 6.06. The minimum Gasteiger partial charge on any atom is -0.467 e. The van der Waals surface area contributed by atoms with Crippen LogP contribution in [0, 0.1) is 0 Å². The number of carbonyl (C=O) groups excluding carboxylic acids is 2. The summed E-state index contributed by atoms with van der Waals surface area (Å²) in [6, 6.07) is 10.1. The topological polar surface area (TPSA) is 59.3 Å². The van der Waals surface area contributed by atoms with Crippen molar-refractivity contribution in [3.63, 3.8) is 0 Å². The highest BCUT2D eigenvalue weighted by Crippen LogP contribution is 2.11. The lowest BCUT2D eigenvalue weighted by Gasteiger charge is -2.02. The van der Waals surface area contributed by atoms with Gasteiger partial charge in [0.05, 0.1) is 12.8 Å². The van der Waals surface area contributed by atoms with Crippen molar-refractivity contribution in [2.45, 2.75) is 6.54 Å². The second-order valence-electron chi connectivity index (χ2n) is 3.60. The van der Waals surface area contributed by atoms with E-state index in [4.69, 9.17) is 4.42 Å². The van der Waals surface area contributed by atoms with Crippen molar-refractivity contribution >= 4 is 27.6 Å². The van der Waals surface area contributed by atoms with Gasteiger partial charge in [0.15, 0.2) is 0 Å². The number of halogens is 1. The monoisotopic (exact) mass is 307 g/mol. The van der Waals surface area contributed by atoms with Gasteiger partial charge in [-0.15, -0.1) is 0 Å². The van der Waals surface area contributed by atoms with Gasteiger partial charge in [0.1, 0.15) is 5.76 Å². The molecule has 0 saturated carbocycles. The Morgan fingerprint density at radius 3 is 2.50 bits per heavy atom. The standard InChI is InChI=1S/C13H10BrNO3/c14-10-5-3-9(4-6-10)12(16)13(17)15-8-11-2-1-7-18-11/h1-7H,8H2,(H,15,17). The van der Waals surface area contributed by atoms with Crippen LogP contribution in [0.25, 0.3) is 0 Å². The number of benzene rings is 1. The SMILES string of the molecule is O=C(NCc1ccco1)C(=O)c1ccc(Br)cc1. The van der Waals surface area contributed by atoms with Gasteiger partial charge in [-0.05, 0) is 36.4 Å². The van der Waals surface area contributed by atoms with Crippen LogP contribution in [-0.4, -0.2) is 11.7 Å². The molecular weight excluding hydrogens is 298 g/mol. The maximum absolute atomic E-state index is 11.8. The van der Waals surface area contributed by atoms with Crippen LogP contribution in [0.15, 0.2) is 51.6 Å². The van der Waals surface area contributed by atoms with E-state index in [0.717, 1.165) is 4.47 Å². The fourth-order valence-corrected chi connectivity index (χ4v) is 1.66. The number of Topliss-reactive ketones (excluding diaryl/α,β-unsaturated/α-hetero) is 1. The zero-order chi connectivity index (χ0) is 13.0. The van der Waals surface area contributed by atoms with Crippen LogP contribution < -0.4 is 5.32 Å². The van der Waals surface area contributed by atoms with Gasteiger partial charge < -0.3 is 9.73 Å². The number of amides is 1. The fourth-order valence-electron chi connectivity index (χ4n) is 1.39. The number of ketones is 1. The van der Waals surface area contributed by atoms with Gasteiger partial charge in [-0.25, -0.2) is 0 Å². The van der Waals surface area contributed by atoms with E-state index in [1.54, 1.807) is 36.4 Å². The van der Waals surface area contributed by atoms with Crippen LogP contribution in [0.1, 0.15) is 16.1 Å². The molecule has 0 atom stereocenters. The maximum atomic E-state index is 11.8. The Balaban J connectivity index is 1.96. The summed E-state index contributed by atoms with van der Waals surface area (Å²) < 4.78 is 5.91. The lowest BCUT2D eigenvalue weighted by atomic mass is 10.1. The minimum absolute atomic E-state index is 0.202. The summed E-state index contributed by atoms with van der Waals surface area (Å²) in [7, 11) is 0. The summed E-state index contributed by atoms with van der Waals surface area (Å²) in [6.45, 7) is 0.202. The zero-order valence-electron chi connectivity index (χ0n) is 9.35. The van der Waals surface area contributed by atoms with Crippen molar-refractivity contribution in [2.24, 2.45) is 0 Å². The van der Waals surface area contributed by atoms with Crippen molar-refractivity contribution in [1.29, 1.82) is 0 Å². The zero-order valence-corrected chi connectivity index (χ0v) is 10.9. The number of nitrogens with one attached hydrogen (secondary N) is 1. The summed E-state index contributed by atoms with van der Waals surface area (Å²) in [5.74, 6) is -0.602. The first kappa shape index (κ1) is 12.6. The quantitative estimate of drug-likeness (QED) is 0.697. The van der Waals surface area contributed by atoms with Crippen molar-refractivity contribution in [2.75, 3.05) is 0 Å². The molecule has 0 spiro atoms. The third-order valence-corrected chi connectivity index (χ3v) is 2.84. The van der Waals surface area contributed by atoms with Gasteiger partial charge in [0.25, 0.3) is 5.91 Å². The van der Waals surface area contributed by atoms with Crippen LogP contribution in [-0.2, 0) is 11.3 Å². The maximum Gasteiger partial charge on any atom is 0.292 e. The summed E-state index contributed by atoms with van der Waals surface area (Å²) in [5, 5.41) is 2.50. The molecule has 2 aromatic rings. The molecule has 0 radical (unpaired) electrons. The molecule has 1 heterocycles. The Morgan fingerprint density at radius 1 is 1.17 bits per heavy atom. The van der Waals surface area contributed by atoms with Gasteiger partial charge in [0, 0.05) is 10.0 Å². The van der Waals surface area contributed by atoms with Crippen molar-refractivity contribution in [1.82, 2.24) is 5.32 Å². The summed E-state index contributed by atoms with van der Waals surface area (Å²) in [5.41, 5.74) is 0.357. The molecule has 4 nitrogen and oxygen atoms in total. The molecule has 0 bridgehead atoms. The molecule has 0 aliphatic rings. The Kier molecular flexibility index (Phi) is 3.94. The highest BCUT2D eigenvalue weighted by molar-refractivity contribution is 9.10. The van der Waals surface area contributed by atoms with E-state index in [2.05, 4.69) is 21.2 Å². The fraction of sp³-hybridized carbons (Fsp3) is 0.0769. The third kappa shape index (κ3) is 3.07. The normalized spacial score (nSPS) is 10.1. The predicted molar refractivity (Wildman–Crippen MR) is 69.0 cm³/mol. The van der Waals surface area contributed by atoms with Crippen molar-refractivity contribution in [3.8, 4) is 0 Å². The van der Waals surface area contributed by atoms with Crippen LogP contribution in [0.5, 0.6) is 0 Å². The predicted octanol–water partition coefficient (Wildman–Crippen LogP) is 2.54. The number of furan rings is 1. The first-order chi connectivity index (χ1) is 8.66. The molecular formula is C13H10BrNO3. The number of rotatable bonds is 4. The van der Waals surface area contributed by atoms with Gasteiger partial charge in [-0.3, -0.25) is 9.59 Å². The van der Waals surface area contributed by atoms with Crippen LogP contribution in [0.3, 0.4) is 0 Å². The summed E-state index contributed by atoms with van der Waals surface area (Å²) in [6.07, 6.45) is 1.51. The van der Waals surface area contributed by atoms with Gasteiger partial charge >= 0.3 is 0 Å². The minimum atomic E-state index is -0.645. The molecule has 2 rings (SSSR count). The molecule has 92 valence electrons. The number of hydrogen-bond acceptors (Lipinski definition) is 3. The van der Waals surface area contributed by atoms with E-state index >= 15 is 0 Å². The molecule has 0 aliphatic carbocycles. The van der Waals surface area contributed by atoms with Crippen LogP contribution in [0.4, 0.5) is 0 Å². The second-order valence-corrected chi connectivity index (χ2v) is 4.51. The molecule has 0 fully saturated rings. The van der Waals surface area contributed by atoms with E-state index in [9.17, 15) is 9.59 Å². The number of carbonyl (C=O) groups is 2. The average molecular weight is 308 g/mol. The van der Waals surface area contributed by atoms with E-state index in [1.807, 2.05) is 0 Å². The highest BCUT2D eigenvalue weighted by atomic mass is 79.9. The Labute approximate surface area is 112 Å². The van der Waals surface area contributed by atoms with E-state index in [1.165, 1.54) is 6.26 Å². The molecule has 1 aromatic carbocycles. The van der Waals surface area contributed by atoms with Crippen LogP contribution >= 0.6 is 15.9 Å². The Morgan fingerprint density at radius 2 is 1.89 bits per heavy atom. The van der Waals surface area contributed by atoms with E-state index in [-0.39, 0.29) is 6.54 Å². The van der Waals surface area contributed by atoms with Gasteiger partial charge in [0.2, 0.25) is 5.78 Å². The molecule has 5 heteroatoms. The van der Waals surface area contributed by atoms with Crippen molar-refractivity contribution < 1.29 is 14.0 Å². The number of hydrogen-bond donors (Lipinski definition) is 1. The molecule has 0 aliphatic heterocycles. The lowest BCUT2D eigenvalue weighted by molar-refractivity contribution is -0.117. The average Bonchev–Trinajstić information content (AvgIpc) is 2.89. The van der Waals surface area contributed by atoms with Crippen LogP contribution in [0.2, 0.25) is 0 Å². The lowest BCUT2D eigenvalue weighted by Crippen LogP contribution is -2.30. The molecule has 1 amide bonds. The van der Waals surface area contributed by atoms with Crippen molar-refractivity contribution in [3.05, 3.63) is 58.5 Å². The van der Waals surface area contributed by atoms with Gasteiger partial charge in [-0.1, -0.05) is 15.9 Å². The molecule has 18 heavy (non-hydrogen) atoms. The largest absolute Gasteiger partial charge is 0.467 e. The summed E-state index contributed by atoms with van der Waals surface area (Å²) >= 11 is 3.26. The molecule has 1 N–H and O–H groups in total. The molecule has 0 saturated heterocycles. The Bertz CT molecular complexity index is 546. The van der Waals surface area contributed by atoms with E-state index in [0.29, 0.717) is 11.3 Å². The molecule has 1 aromatic heterocycles. The smallest absolute Gasteiger partial charge is 0.292 e. The van der Waals surface area contributed by atoms with E-state index < -0.39 is 11.7 Å². The molecule has 0 unspecified atom stereocenters. The first-order valence-electron chi connectivity index (χ1n) is 5.27. The Hall–Kier alpha value is -1.88. The van der Waals surface area contributed by atoms with Gasteiger partial charge in [-0.2, -0.15) is 0 Å².